The van der Waals surface area contributed by atoms with E-state index < -0.39 is 0 Å². The maximum absolute atomic E-state index is 7.68. The molecule has 0 aliphatic carbocycles. The van der Waals surface area contributed by atoms with Crippen LogP contribution >= 0.6 is 0 Å². The van der Waals surface area contributed by atoms with E-state index >= 15 is 0 Å². The van der Waals surface area contributed by atoms with Crippen molar-refractivity contribution in [2.45, 2.75) is 33.6 Å². The summed E-state index contributed by atoms with van der Waals surface area (Å²) in [5, 5.41) is 0. The summed E-state index contributed by atoms with van der Waals surface area (Å²) in [5.41, 5.74) is 12.3. The van der Waals surface area contributed by atoms with Crippen LogP contribution in [0.3, 0.4) is 0 Å². The van der Waals surface area contributed by atoms with Crippen molar-refractivity contribution in [3.63, 3.8) is 0 Å². The fraction of sp³-hybridized carbons (Fsp3) is 0.455. The van der Waals surface area contributed by atoms with Crippen LogP contribution in [0.15, 0.2) is 12.1 Å². The first-order valence-electron chi connectivity index (χ1n) is 4.53. The first kappa shape index (κ1) is 12.6. The molecule has 66 valence electrons. The molecule has 0 heterocycles. The van der Waals surface area contributed by atoms with E-state index in [1.54, 1.807) is 0 Å². The van der Waals surface area contributed by atoms with Gasteiger partial charge in [0.2, 0.25) is 0 Å². The number of hydrogen-bond donors (Lipinski definition) is 0. The van der Waals surface area contributed by atoms with Gasteiger partial charge in [-0.3, -0.25) is 0 Å². The maximum Gasteiger partial charge on any atom is 1.00 e. The fourth-order valence-electron chi connectivity index (χ4n) is 1.64. The fourth-order valence-corrected chi connectivity index (χ4v) is 1.64. The van der Waals surface area contributed by atoms with Crippen molar-refractivity contribution < 1.29 is 18.9 Å². The van der Waals surface area contributed by atoms with Crippen LogP contribution in [0.4, 0.5) is 5.69 Å². The molecule has 1 aromatic rings. The Hall–Kier alpha value is -0.383. The Kier molecular flexibility index (Phi) is 5.21. The predicted octanol–water partition coefficient (Wildman–Crippen LogP) is 0.808. The zero-order chi connectivity index (χ0) is 9.14. The Balaban J connectivity index is 0.00000144. The van der Waals surface area contributed by atoms with E-state index in [0.29, 0.717) is 5.69 Å². The molecule has 0 radical (unpaired) electrons. The molecule has 1 N–H and O–H groups in total. The Morgan fingerprint density at radius 3 is 2.23 bits per heavy atom. The maximum atomic E-state index is 7.68. The zero-order valence-corrected chi connectivity index (χ0v) is 9.07. The van der Waals surface area contributed by atoms with E-state index in [4.69, 9.17) is 5.73 Å². The van der Waals surface area contributed by atoms with E-state index in [1.807, 2.05) is 6.07 Å². The first-order chi connectivity index (χ1) is 5.70. The van der Waals surface area contributed by atoms with E-state index in [-0.39, 0.29) is 18.9 Å². The van der Waals surface area contributed by atoms with Crippen LogP contribution in [0.1, 0.15) is 30.5 Å². The van der Waals surface area contributed by atoms with Crippen molar-refractivity contribution in [1.82, 2.24) is 0 Å². The number of benzene rings is 1. The largest absolute Gasteiger partial charge is 1.00 e. The van der Waals surface area contributed by atoms with Gasteiger partial charge in [-0.15, -0.1) is 5.69 Å². The average molecular weight is 169 g/mol. The van der Waals surface area contributed by atoms with Gasteiger partial charge in [-0.1, -0.05) is 31.5 Å². The third-order valence-electron chi connectivity index (χ3n) is 2.45. The van der Waals surface area contributed by atoms with Gasteiger partial charge in [0.25, 0.3) is 0 Å². The van der Waals surface area contributed by atoms with Gasteiger partial charge < -0.3 is 5.73 Å². The van der Waals surface area contributed by atoms with Gasteiger partial charge >= 0.3 is 18.9 Å². The Morgan fingerprint density at radius 2 is 1.77 bits per heavy atom. The summed E-state index contributed by atoms with van der Waals surface area (Å²) in [6.45, 7) is 6.39. The first-order valence-corrected chi connectivity index (χ1v) is 4.53. The molecule has 0 spiro atoms. The Labute approximate surface area is 92.9 Å². The summed E-state index contributed by atoms with van der Waals surface area (Å²) in [5.74, 6) is 0. The normalized spacial score (nSPS) is 9.46. The summed E-state index contributed by atoms with van der Waals surface area (Å²) in [6, 6.07) is 3.97. The molecule has 0 aliphatic heterocycles. The van der Waals surface area contributed by atoms with Crippen LogP contribution in [-0.2, 0) is 12.8 Å². The molecule has 0 bridgehead atoms. The number of aryl methyl sites for hydroxylation is 1. The molecule has 0 atom stereocenters. The van der Waals surface area contributed by atoms with Crippen molar-refractivity contribution in [1.29, 1.82) is 0 Å². The van der Waals surface area contributed by atoms with Gasteiger partial charge in [0.05, 0.1) is 0 Å². The Bertz CT molecular complexity index is 282. The summed E-state index contributed by atoms with van der Waals surface area (Å²) in [4.78, 5) is 0. The Morgan fingerprint density at radius 1 is 1.15 bits per heavy atom. The quantitative estimate of drug-likeness (QED) is 0.585. The topological polar surface area (TPSA) is 23.8 Å². The zero-order valence-electron chi connectivity index (χ0n) is 9.07. The van der Waals surface area contributed by atoms with Gasteiger partial charge in [-0.2, -0.15) is 0 Å². The molecule has 0 aliphatic rings. The molecule has 1 aromatic carbocycles. The number of hydrogen-bond acceptors (Lipinski definition) is 0. The molecule has 0 aromatic heterocycles. The molecule has 0 unspecified atom stereocenters. The second-order valence-corrected chi connectivity index (χ2v) is 3.08. The SMILES string of the molecule is CCc1ccc([NH-])c(CC)c1C.[Li+]. The van der Waals surface area contributed by atoms with Gasteiger partial charge in [-0.05, 0) is 30.9 Å². The minimum Gasteiger partial charge on any atom is -0.698 e. The van der Waals surface area contributed by atoms with Crippen molar-refractivity contribution in [3.05, 3.63) is 34.6 Å². The molecule has 2 heteroatoms. The van der Waals surface area contributed by atoms with Gasteiger partial charge in [0.15, 0.2) is 0 Å². The average Bonchev–Trinajstić information content (AvgIpc) is 2.06. The molecule has 1 nitrogen and oxygen atoms in total. The second-order valence-electron chi connectivity index (χ2n) is 3.08. The van der Waals surface area contributed by atoms with Gasteiger partial charge in [-0.25, -0.2) is 0 Å². The van der Waals surface area contributed by atoms with Crippen LogP contribution in [-0.4, -0.2) is 0 Å². The molecule has 0 saturated carbocycles. The van der Waals surface area contributed by atoms with Crippen molar-refractivity contribution in [3.8, 4) is 0 Å². The van der Waals surface area contributed by atoms with Crippen LogP contribution in [0.2, 0.25) is 0 Å². The molecule has 0 fully saturated rings. The summed E-state index contributed by atoms with van der Waals surface area (Å²) in [6.07, 6.45) is 2.04. The van der Waals surface area contributed by atoms with Gasteiger partial charge in [0.1, 0.15) is 0 Å². The van der Waals surface area contributed by atoms with Crippen molar-refractivity contribution in [2.75, 3.05) is 0 Å². The van der Waals surface area contributed by atoms with Crippen LogP contribution < -0.4 is 18.9 Å². The third kappa shape index (κ3) is 2.53. The summed E-state index contributed by atoms with van der Waals surface area (Å²) < 4.78 is 0. The standard InChI is InChI=1S/C11H16N.Li/c1-4-9-6-7-11(12)10(5-2)8(9)3;/h6-7,12H,4-5H2,1-3H3;/q-1;+1. The number of nitrogens with one attached hydrogen (secondary N) is 1. The molecule has 0 amide bonds. The third-order valence-corrected chi connectivity index (χ3v) is 2.45. The molecule has 1 rings (SSSR count). The monoisotopic (exact) mass is 169 g/mol. The van der Waals surface area contributed by atoms with E-state index in [9.17, 15) is 0 Å². The molecular formula is C11H16LiN. The van der Waals surface area contributed by atoms with E-state index in [2.05, 4.69) is 26.8 Å². The second kappa shape index (κ2) is 5.37. The van der Waals surface area contributed by atoms with Crippen molar-refractivity contribution >= 4 is 5.69 Å². The van der Waals surface area contributed by atoms with E-state index in [0.717, 1.165) is 12.8 Å². The predicted molar refractivity (Wildman–Crippen MR) is 53.9 cm³/mol. The van der Waals surface area contributed by atoms with Crippen LogP contribution in [0.25, 0.3) is 5.73 Å². The minimum atomic E-state index is 0. The van der Waals surface area contributed by atoms with Gasteiger partial charge in [0, 0.05) is 0 Å². The molecule has 0 saturated heterocycles. The smallest absolute Gasteiger partial charge is 0.698 e. The van der Waals surface area contributed by atoms with Crippen LogP contribution in [0.5, 0.6) is 0 Å². The van der Waals surface area contributed by atoms with Crippen molar-refractivity contribution in [2.24, 2.45) is 0 Å². The van der Waals surface area contributed by atoms with Crippen LogP contribution in [0, 0.1) is 6.92 Å². The summed E-state index contributed by atoms with van der Waals surface area (Å²) >= 11 is 0. The molecular weight excluding hydrogens is 153 g/mol. The summed E-state index contributed by atoms with van der Waals surface area (Å²) in [7, 11) is 0. The van der Waals surface area contributed by atoms with E-state index in [1.165, 1.54) is 16.7 Å². The molecule has 13 heavy (non-hydrogen) atoms. The number of rotatable bonds is 2. The minimum absolute atomic E-state index is 0.